The van der Waals surface area contributed by atoms with Crippen molar-refractivity contribution in [1.29, 1.82) is 0 Å². The number of hydrogen-bond acceptors (Lipinski definition) is 4. The molecule has 0 aliphatic carbocycles. The Morgan fingerprint density at radius 2 is 2.15 bits per heavy atom. The first-order chi connectivity index (χ1) is 6.33. The minimum atomic E-state index is 0.761. The maximum absolute atomic E-state index is 4.18. The van der Waals surface area contributed by atoms with Crippen LogP contribution in [0.3, 0.4) is 0 Å². The fraction of sp³-hybridized carbons (Fsp3) is 0.333. The van der Waals surface area contributed by atoms with Gasteiger partial charge in [0.25, 0.3) is 0 Å². The van der Waals surface area contributed by atoms with Gasteiger partial charge in [0.2, 0.25) is 0 Å². The highest BCUT2D eigenvalue weighted by Gasteiger charge is 2.05. The van der Waals surface area contributed by atoms with E-state index in [1.807, 2.05) is 6.92 Å². The molecular formula is C9H10N4. The van der Waals surface area contributed by atoms with Gasteiger partial charge in [0.05, 0.1) is 17.4 Å². The number of hydrogen-bond donors (Lipinski definition) is 0. The summed E-state index contributed by atoms with van der Waals surface area (Å²) in [5.74, 6) is 0. The molecule has 2 aromatic rings. The first-order valence-corrected chi connectivity index (χ1v) is 4.24. The van der Waals surface area contributed by atoms with E-state index < -0.39 is 0 Å². The molecule has 0 aliphatic heterocycles. The second-order valence-electron chi connectivity index (χ2n) is 2.88. The van der Waals surface area contributed by atoms with Gasteiger partial charge in [0.1, 0.15) is 11.8 Å². The zero-order valence-corrected chi connectivity index (χ0v) is 7.65. The summed E-state index contributed by atoms with van der Waals surface area (Å²) in [6.07, 6.45) is 4.11. The third-order valence-electron chi connectivity index (χ3n) is 2.09. The van der Waals surface area contributed by atoms with E-state index in [2.05, 4.69) is 27.1 Å². The van der Waals surface area contributed by atoms with Crippen LogP contribution < -0.4 is 0 Å². The molecule has 0 saturated heterocycles. The van der Waals surface area contributed by atoms with Gasteiger partial charge in [0.15, 0.2) is 0 Å². The maximum Gasteiger partial charge on any atom is 0.130 e. The summed E-state index contributed by atoms with van der Waals surface area (Å²) in [7, 11) is 0. The van der Waals surface area contributed by atoms with Crippen molar-refractivity contribution in [2.45, 2.75) is 20.3 Å². The first kappa shape index (κ1) is 8.04. The normalized spacial score (nSPS) is 10.6. The molecule has 0 bridgehead atoms. The van der Waals surface area contributed by atoms with Gasteiger partial charge in [-0.2, -0.15) is 5.10 Å². The standard InChI is InChI=1S/C9H10N4/c1-3-7-6(2)9-8(13-12-7)4-10-5-11-9/h4-5H,3H2,1-2H3. The molecule has 0 fully saturated rings. The van der Waals surface area contributed by atoms with Crippen molar-refractivity contribution >= 4 is 11.0 Å². The largest absolute Gasteiger partial charge is 0.242 e. The molecular weight excluding hydrogens is 164 g/mol. The summed E-state index contributed by atoms with van der Waals surface area (Å²) >= 11 is 0. The Hall–Kier alpha value is -1.58. The predicted octanol–water partition coefficient (Wildman–Crippen LogP) is 1.29. The summed E-state index contributed by atoms with van der Waals surface area (Å²) in [6.45, 7) is 4.08. The van der Waals surface area contributed by atoms with E-state index in [-0.39, 0.29) is 0 Å². The molecule has 2 rings (SSSR count). The average molecular weight is 174 g/mol. The zero-order valence-electron chi connectivity index (χ0n) is 7.65. The minimum Gasteiger partial charge on any atom is -0.242 e. The fourth-order valence-corrected chi connectivity index (χ4v) is 1.35. The van der Waals surface area contributed by atoms with E-state index in [1.165, 1.54) is 6.33 Å². The topological polar surface area (TPSA) is 51.6 Å². The van der Waals surface area contributed by atoms with Gasteiger partial charge in [-0.15, -0.1) is 5.10 Å². The second kappa shape index (κ2) is 3.05. The van der Waals surface area contributed by atoms with Crippen LogP contribution in [0.15, 0.2) is 12.5 Å². The maximum atomic E-state index is 4.18. The highest BCUT2D eigenvalue weighted by atomic mass is 15.1. The summed E-state index contributed by atoms with van der Waals surface area (Å²) in [4.78, 5) is 8.07. The Morgan fingerprint density at radius 1 is 1.31 bits per heavy atom. The van der Waals surface area contributed by atoms with Crippen molar-refractivity contribution in [2.75, 3.05) is 0 Å². The van der Waals surface area contributed by atoms with Crippen LogP contribution in [0.2, 0.25) is 0 Å². The molecule has 0 amide bonds. The lowest BCUT2D eigenvalue weighted by atomic mass is 10.1. The Labute approximate surface area is 76.1 Å². The van der Waals surface area contributed by atoms with Gasteiger partial charge in [0, 0.05) is 5.56 Å². The van der Waals surface area contributed by atoms with E-state index in [9.17, 15) is 0 Å². The molecule has 0 saturated carbocycles. The average Bonchev–Trinajstić information content (AvgIpc) is 2.19. The van der Waals surface area contributed by atoms with Crippen LogP contribution in [0.25, 0.3) is 11.0 Å². The highest BCUT2D eigenvalue weighted by molar-refractivity contribution is 5.76. The van der Waals surface area contributed by atoms with E-state index in [0.717, 1.165) is 28.7 Å². The van der Waals surface area contributed by atoms with Gasteiger partial charge >= 0.3 is 0 Å². The lowest BCUT2D eigenvalue weighted by Gasteiger charge is -2.02. The van der Waals surface area contributed by atoms with E-state index in [4.69, 9.17) is 0 Å². The monoisotopic (exact) mass is 174 g/mol. The van der Waals surface area contributed by atoms with Crippen molar-refractivity contribution in [1.82, 2.24) is 20.2 Å². The second-order valence-corrected chi connectivity index (χ2v) is 2.88. The summed E-state index contributed by atoms with van der Waals surface area (Å²) in [5, 5.41) is 8.13. The molecule has 2 heterocycles. The number of rotatable bonds is 1. The SMILES string of the molecule is CCc1nnc2cncnc2c1C. The first-order valence-electron chi connectivity index (χ1n) is 4.24. The van der Waals surface area contributed by atoms with Gasteiger partial charge < -0.3 is 0 Å². The number of aromatic nitrogens is 4. The Kier molecular flexibility index (Phi) is 1.88. The fourth-order valence-electron chi connectivity index (χ4n) is 1.35. The number of fused-ring (bicyclic) bond motifs is 1. The van der Waals surface area contributed by atoms with Crippen molar-refractivity contribution in [2.24, 2.45) is 0 Å². The van der Waals surface area contributed by atoms with E-state index in [1.54, 1.807) is 6.20 Å². The van der Waals surface area contributed by atoms with Crippen molar-refractivity contribution in [3.05, 3.63) is 23.8 Å². The zero-order chi connectivity index (χ0) is 9.26. The smallest absolute Gasteiger partial charge is 0.130 e. The molecule has 0 radical (unpaired) electrons. The quantitative estimate of drug-likeness (QED) is 0.653. The molecule has 0 atom stereocenters. The van der Waals surface area contributed by atoms with Gasteiger partial charge in [-0.3, -0.25) is 0 Å². The lowest BCUT2D eigenvalue weighted by Crippen LogP contribution is -1.98. The van der Waals surface area contributed by atoms with E-state index in [0.29, 0.717) is 0 Å². The molecule has 66 valence electrons. The third kappa shape index (κ3) is 1.24. The number of nitrogens with zero attached hydrogens (tertiary/aromatic N) is 4. The molecule has 0 aliphatic rings. The summed E-state index contributed by atoms with van der Waals surface area (Å²) < 4.78 is 0. The molecule has 13 heavy (non-hydrogen) atoms. The third-order valence-corrected chi connectivity index (χ3v) is 2.09. The molecule has 0 spiro atoms. The number of aryl methyl sites for hydroxylation is 2. The molecule has 0 aromatic carbocycles. The predicted molar refractivity (Wildman–Crippen MR) is 49.2 cm³/mol. The lowest BCUT2D eigenvalue weighted by molar-refractivity contribution is 0.919. The Bertz CT molecular complexity index is 439. The summed E-state index contributed by atoms with van der Waals surface area (Å²) in [5.41, 5.74) is 3.78. The van der Waals surface area contributed by atoms with Crippen LogP contribution in [0.5, 0.6) is 0 Å². The van der Waals surface area contributed by atoms with Crippen LogP contribution >= 0.6 is 0 Å². The van der Waals surface area contributed by atoms with Crippen LogP contribution in [-0.4, -0.2) is 20.2 Å². The Morgan fingerprint density at radius 3 is 2.92 bits per heavy atom. The molecule has 4 heteroatoms. The van der Waals surface area contributed by atoms with Gasteiger partial charge in [-0.1, -0.05) is 6.92 Å². The van der Waals surface area contributed by atoms with Crippen molar-refractivity contribution in [3.8, 4) is 0 Å². The summed E-state index contributed by atoms with van der Waals surface area (Å²) in [6, 6.07) is 0. The molecule has 2 aromatic heterocycles. The van der Waals surface area contributed by atoms with E-state index >= 15 is 0 Å². The van der Waals surface area contributed by atoms with Gasteiger partial charge in [-0.05, 0) is 13.3 Å². The molecule has 0 unspecified atom stereocenters. The molecule has 4 nitrogen and oxygen atoms in total. The van der Waals surface area contributed by atoms with Crippen molar-refractivity contribution < 1.29 is 0 Å². The highest BCUT2D eigenvalue weighted by Crippen LogP contribution is 2.13. The minimum absolute atomic E-state index is 0.761. The van der Waals surface area contributed by atoms with Gasteiger partial charge in [-0.25, -0.2) is 9.97 Å². The van der Waals surface area contributed by atoms with Crippen LogP contribution in [0.1, 0.15) is 18.2 Å². The molecule has 0 N–H and O–H groups in total. The van der Waals surface area contributed by atoms with Crippen LogP contribution in [-0.2, 0) is 6.42 Å². The van der Waals surface area contributed by atoms with Crippen LogP contribution in [0, 0.1) is 6.92 Å². The van der Waals surface area contributed by atoms with Crippen LogP contribution in [0.4, 0.5) is 0 Å². The Balaban J connectivity index is 2.79. The van der Waals surface area contributed by atoms with Crippen molar-refractivity contribution in [3.63, 3.8) is 0 Å².